The molecule has 2 aliphatic rings. The highest BCUT2D eigenvalue weighted by Crippen LogP contribution is 2.48. The number of nitrogens with zero attached hydrogens (tertiary/aromatic N) is 2. The van der Waals surface area contributed by atoms with E-state index >= 15 is 0 Å². The van der Waals surface area contributed by atoms with Gasteiger partial charge < -0.3 is 10.3 Å². The molecule has 20 heavy (non-hydrogen) atoms. The van der Waals surface area contributed by atoms with Crippen LogP contribution in [0.2, 0.25) is 0 Å². The molecular weight excluding hydrogens is 250 g/mol. The first-order chi connectivity index (χ1) is 9.79. The Balaban J connectivity index is 1.68. The van der Waals surface area contributed by atoms with Crippen molar-refractivity contribution >= 4 is 0 Å². The fourth-order valence-corrected chi connectivity index (χ4v) is 3.15. The fraction of sp³-hybridized carbons (Fsp3) is 0.500. The summed E-state index contributed by atoms with van der Waals surface area (Å²) in [4.78, 5) is 4.64. The van der Waals surface area contributed by atoms with Gasteiger partial charge in [0.05, 0.1) is 11.5 Å². The van der Waals surface area contributed by atoms with Crippen LogP contribution in [-0.2, 0) is 5.41 Å². The minimum atomic E-state index is -0.0795. The van der Waals surface area contributed by atoms with Crippen LogP contribution in [0.3, 0.4) is 0 Å². The van der Waals surface area contributed by atoms with Crippen LogP contribution in [-0.4, -0.2) is 10.1 Å². The smallest absolute Gasteiger partial charge is 0.243 e. The third-order valence-corrected chi connectivity index (χ3v) is 4.82. The van der Waals surface area contributed by atoms with E-state index < -0.39 is 0 Å². The van der Waals surface area contributed by atoms with Crippen LogP contribution in [0.15, 0.2) is 34.9 Å². The zero-order valence-corrected chi connectivity index (χ0v) is 11.5. The van der Waals surface area contributed by atoms with E-state index in [0.29, 0.717) is 11.8 Å². The first-order valence-electron chi connectivity index (χ1n) is 7.45. The molecule has 0 amide bonds. The van der Waals surface area contributed by atoms with Crippen molar-refractivity contribution in [2.45, 2.75) is 43.6 Å². The molecule has 1 heterocycles. The fourth-order valence-electron chi connectivity index (χ4n) is 3.15. The summed E-state index contributed by atoms with van der Waals surface area (Å²) in [6.45, 7) is 0. The molecule has 4 heteroatoms. The van der Waals surface area contributed by atoms with E-state index in [1.54, 1.807) is 0 Å². The van der Waals surface area contributed by atoms with E-state index in [1.165, 1.54) is 24.8 Å². The molecule has 0 saturated heterocycles. The van der Waals surface area contributed by atoms with Gasteiger partial charge in [0.15, 0.2) is 5.82 Å². The topological polar surface area (TPSA) is 64.9 Å². The monoisotopic (exact) mass is 269 g/mol. The highest BCUT2D eigenvalue weighted by atomic mass is 16.5. The molecule has 104 valence electrons. The second-order valence-corrected chi connectivity index (χ2v) is 6.12. The minimum Gasteiger partial charge on any atom is -0.338 e. The van der Waals surface area contributed by atoms with E-state index in [0.717, 1.165) is 18.7 Å². The number of aromatic nitrogens is 2. The summed E-state index contributed by atoms with van der Waals surface area (Å²) in [6, 6.07) is 10.4. The molecule has 2 N–H and O–H groups in total. The van der Waals surface area contributed by atoms with Crippen LogP contribution in [0.25, 0.3) is 0 Å². The number of rotatable bonds is 4. The van der Waals surface area contributed by atoms with Crippen molar-refractivity contribution in [3.63, 3.8) is 0 Å². The number of benzene rings is 1. The Labute approximate surface area is 118 Å². The van der Waals surface area contributed by atoms with E-state index in [2.05, 4.69) is 34.4 Å². The van der Waals surface area contributed by atoms with Crippen molar-refractivity contribution in [3.8, 4) is 0 Å². The average Bonchev–Trinajstić information content (AvgIpc) is 3.17. The lowest BCUT2D eigenvalue weighted by Gasteiger charge is -2.39. The third kappa shape index (κ3) is 1.79. The van der Waals surface area contributed by atoms with Crippen molar-refractivity contribution in [1.29, 1.82) is 0 Å². The second kappa shape index (κ2) is 4.42. The molecule has 4 nitrogen and oxygen atoms in total. The third-order valence-electron chi connectivity index (χ3n) is 4.82. The Bertz CT molecular complexity index is 599. The maximum Gasteiger partial charge on any atom is 0.243 e. The van der Waals surface area contributed by atoms with Crippen molar-refractivity contribution < 1.29 is 4.52 Å². The van der Waals surface area contributed by atoms with Crippen LogP contribution in [0.4, 0.5) is 0 Å². The summed E-state index contributed by atoms with van der Waals surface area (Å²) in [6.07, 6.45) is 5.77. The van der Waals surface area contributed by atoms with Crippen molar-refractivity contribution in [2.75, 3.05) is 0 Å². The van der Waals surface area contributed by atoms with Gasteiger partial charge in [-0.3, -0.25) is 0 Å². The van der Waals surface area contributed by atoms with Gasteiger partial charge in [0.25, 0.3) is 0 Å². The molecule has 2 saturated carbocycles. The lowest BCUT2D eigenvalue weighted by Crippen LogP contribution is -2.36. The highest BCUT2D eigenvalue weighted by Gasteiger charge is 2.45. The highest BCUT2D eigenvalue weighted by molar-refractivity contribution is 5.35. The predicted octanol–water partition coefficient (Wildman–Crippen LogP) is 2.95. The Hall–Kier alpha value is -1.68. The largest absolute Gasteiger partial charge is 0.338 e. The van der Waals surface area contributed by atoms with Gasteiger partial charge in [-0.25, -0.2) is 0 Å². The van der Waals surface area contributed by atoms with Gasteiger partial charge >= 0.3 is 0 Å². The van der Waals surface area contributed by atoms with E-state index in [4.69, 9.17) is 10.3 Å². The molecule has 0 spiro atoms. The first-order valence-corrected chi connectivity index (χ1v) is 7.45. The molecule has 2 fully saturated rings. The van der Waals surface area contributed by atoms with Gasteiger partial charge in [0, 0.05) is 0 Å². The Morgan fingerprint density at radius 1 is 1.20 bits per heavy atom. The second-order valence-electron chi connectivity index (χ2n) is 6.12. The summed E-state index contributed by atoms with van der Waals surface area (Å²) in [5.74, 6) is 1.98. The summed E-state index contributed by atoms with van der Waals surface area (Å²) in [5, 5.41) is 4.25. The average molecular weight is 269 g/mol. The standard InChI is InChI=1S/C16H19N3O/c17-13(11-7-8-11)14-18-15(19-20-14)16(9-4-10-16)12-5-2-1-3-6-12/h1-3,5-6,11,13H,4,7-10,17H2. The Kier molecular flexibility index (Phi) is 2.67. The number of hydrogen-bond donors (Lipinski definition) is 1. The quantitative estimate of drug-likeness (QED) is 0.926. The van der Waals surface area contributed by atoms with Gasteiger partial charge in [-0.15, -0.1) is 0 Å². The molecule has 0 bridgehead atoms. The van der Waals surface area contributed by atoms with Crippen molar-refractivity contribution in [2.24, 2.45) is 11.7 Å². The summed E-state index contributed by atoms with van der Waals surface area (Å²) in [5.41, 5.74) is 7.40. The Morgan fingerprint density at radius 3 is 2.55 bits per heavy atom. The van der Waals surface area contributed by atoms with Crippen LogP contribution in [0, 0.1) is 5.92 Å². The first kappa shape index (κ1) is 12.1. The molecular formula is C16H19N3O. The van der Waals surface area contributed by atoms with Crippen molar-refractivity contribution in [1.82, 2.24) is 10.1 Å². The normalized spacial score (nSPS) is 22.2. The maximum absolute atomic E-state index is 6.16. The van der Waals surface area contributed by atoms with Gasteiger partial charge in [-0.1, -0.05) is 41.9 Å². The van der Waals surface area contributed by atoms with E-state index in [-0.39, 0.29) is 11.5 Å². The minimum absolute atomic E-state index is 0.0493. The van der Waals surface area contributed by atoms with Crippen LogP contribution >= 0.6 is 0 Å². The molecule has 1 aromatic heterocycles. The molecule has 0 radical (unpaired) electrons. The SMILES string of the molecule is NC(c1nc(C2(c3ccccc3)CCC2)no1)C1CC1. The van der Waals surface area contributed by atoms with Gasteiger partial charge in [0.1, 0.15) is 0 Å². The predicted molar refractivity (Wildman–Crippen MR) is 75.0 cm³/mol. The summed E-state index contributed by atoms with van der Waals surface area (Å²) in [7, 11) is 0. The van der Waals surface area contributed by atoms with E-state index in [9.17, 15) is 0 Å². The van der Waals surface area contributed by atoms with Crippen molar-refractivity contribution in [3.05, 3.63) is 47.6 Å². The molecule has 2 aliphatic carbocycles. The van der Waals surface area contributed by atoms with Gasteiger partial charge in [-0.2, -0.15) is 4.98 Å². The van der Waals surface area contributed by atoms with Crippen LogP contribution in [0.5, 0.6) is 0 Å². The molecule has 4 rings (SSSR count). The zero-order chi connectivity index (χ0) is 13.6. The van der Waals surface area contributed by atoms with Gasteiger partial charge in [0.2, 0.25) is 5.89 Å². The molecule has 1 unspecified atom stereocenters. The van der Waals surface area contributed by atoms with Crippen LogP contribution in [0.1, 0.15) is 55.4 Å². The lowest BCUT2D eigenvalue weighted by atomic mass is 9.64. The van der Waals surface area contributed by atoms with Gasteiger partial charge in [-0.05, 0) is 37.2 Å². The van der Waals surface area contributed by atoms with Crippen LogP contribution < -0.4 is 5.73 Å². The number of nitrogens with two attached hydrogens (primary N) is 1. The maximum atomic E-state index is 6.16. The summed E-state index contributed by atoms with van der Waals surface area (Å²) >= 11 is 0. The number of hydrogen-bond acceptors (Lipinski definition) is 4. The van der Waals surface area contributed by atoms with E-state index in [1.807, 2.05) is 6.07 Å². The molecule has 1 atom stereocenters. The molecule has 1 aromatic carbocycles. The molecule has 0 aliphatic heterocycles. The lowest BCUT2D eigenvalue weighted by molar-refractivity contribution is 0.269. The molecule has 2 aromatic rings. The Morgan fingerprint density at radius 2 is 1.95 bits per heavy atom. The summed E-state index contributed by atoms with van der Waals surface area (Å²) < 4.78 is 5.45. The zero-order valence-electron chi connectivity index (χ0n) is 11.5.